The minimum absolute atomic E-state index is 0.117. The molecule has 1 aromatic rings. The number of anilines is 1. The predicted molar refractivity (Wildman–Crippen MR) is 82.7 cm³/mol. The van der Waals surface area contributed by atoms with Gasteiger partial charge in [-0.15, -0.1) is 0 Å². The number of hydrogen-bond acceptors (Lipinski definition) is 4. The van der Waals surface area contributed by atoms with E-state index < -0.39 is 24.7 Å². The first kappa shape index (κ1) is 17.1. The van der Waals surface area contributed by atoms with E-state index in [1.54, 1.807) is 6.07 Å². The maximum atomic E-state index is 12.4. The average Bonchev–Trinajstić information content (AvgIpc) is 3.09. The minimum Gasteiger partial charge on any atom is -0.357 e. The number of piperidine rings is 1. The molecule has 134 valence electrons. The molecule has 1 N–H and O–H groups in total. The third kappa shape index (κ3) is 4.00. The van der Waals surface area contributed by atoms with Gasteiger partial charge in [0.2, 0.25) is 5.91 Å². The zero-order valence-electron chi connectivity index (χ0n) is 13.6. The van der Waals surface area contributed by atoms with Gasteiger partial charge >= 0.3 is 6.18 Å². The number of carbonyl (C=O) groups excluding carboxylic acids is 1. The van der Waals surface area contributed by atoms with Crippen LogP contribution in [0.2, 0.25) is 0 Å². The second-order valence-corrected chi connectivity index (χ2v) is 6.58. The minimum atomic E-state index is -4.36. The zero-order chi connectivity index (χ0) is 17.3. The summed E-state index contributed by atoms with van der Waals surface area (Å²) in [6, 6.07) is 1.48. The Bertz CT molecular complexity index is 580. The van der Waals surface area contributed by atoms with Crippen molar-refractivity contribution < 1.29 is 18.0 Å². The van der Waals surface area contributed by atoms with Crippen molar-refractivity contribution in [1.82, 2.24) is 19.6 Å². The van der Waals surface area contributed by atoms with Gasteiger partial charge in [-0.05, 0) is 39.4 Å². The lowest BCUT2D eigenvalue weighted by Crippen LogP contribution is -2.39. The SMILES string of the molecule is CN1CCC(n2ccc(NC3CCN(CC(F)(F)F)C3=O)n2)CC1. The van der Waals surface area contributed by atoms with Gasteiger partial charge in [-0.2, -0.15) is 18.3 Å². The number of likely N-dealkylation sites (tertiary alicyclic amines) is 2. The van der Waals surface area contributed by atoms with Crippen LogP contribution < -0.4 is 5.32 Å². The monoisotopic (exact) mass is 345 g/mol. The molecule has 24 heavy (non-hydrogen) atoms. The van der Waals surface area contributed by atoms with Gasteiger partial charge in [0.25, 0.3) is 0 Å². The highest BCUT2D eigenvalue weighted by Gasteiger charge is 2.39. The molecule has 0 radical (unpaired) electrons. The van der Waals surface area contributed by atoms with Crippen LogP contribution in [0.15, 0.2) is 12.3 Å². The number of nitrogens with zero attached hydrogens (tertiary/aromatic N) is 4. The second-order valence-electron chi connectivity index (χ2n) is 6.58. The van der Waals surface area contributed by atoms with Gasteiger partial charge in [-0.25, -0.2) is 0 Å². The van der Waals surface area contributed by atoms with Gasteiger partial charge in [0, 0.05) is 18.8 Å². The van der Waals surface area contributed by atoms with Crippen LogP contribution in [0.1, 0.15) is 25.3 Å². The van der Waals surface area contributed by atoms with Crippen molar-refractivity contribution in [3.05, 3.63) is 12.3 Å². The number of halogens is 3. The molecule has 2 aliphatic heterocycles. The van der Waals surface area contributed by atoms with Gasteiger partial charge in [-0.1, -0.05) is 0 Å². The summed E-state index contributed by atoms with van der Waals surface area (Å²) in [5, 5.41) is 7.42. The van der Waals surface area contributed by atoms with Crippen LogP contribution in [-0.4, -0.2) is 70.9 Å². The molecule has 2 saturated heterocycles. The topological polar surface area (TPSA) is 53.4 Å². The number of carbonyl (C=O) groups is 1. The largest absolute Gasteiger partial charge is 0.406 e. The van der Waals surface area contributed by atoms with Crippen molar-refractivity contribution in [2.24, 2.45) is 0 Å². The van der Waals surface area contributed by atoms with Gasteiger partial charge in [0.15, 0.2) is 0 Å². The van der Waals surface area contributed by atoms with Crippen LogP contribution in [0.25, 0.3) is 0 Å². The van der Waals surface area contributed by atoms with Gasteiger partial charge in [0.1, 0.15) is 18.4 Å². The van der Waals surface area contributed by atoms with E-state index in [1.165, 1.54) is 0 Å². The number of nitrogens with one attached hydrogen (secondary N) is 1. The molecular weight excluding hydrogens is 323 g/mol. The normalized spacial score (nSPS) is 23.9. The van der Waals surface area contributed by atoms with Gasteiger partial charge in [-0.3, -0.25) is 9.48 Å². The van der Waals surface area contributed by atoms with E-state index in [2.05, 4.69) is 22.4 Å². The molecule has 3 rings (SSSR count). The molecule has 0 bridgehead atoms. The van der Waals surface area contributed by atoms with E-state index in [0.29, 0.717) is 18.3 Å². The number of alkyl halides is 3. The van der Waals surface area contributed by atoms with Gasteiger partial charge < -0.3 is 15.1 Å². The Labute approximate surface area is 138 Å². The third-order valence-corrected chi connectivity index (χ3v) is 4.66. The van der Waals surface area contributed by atoms with E-state index in [4.69, 9.17) is 0 Å². The summed E-state index contributed by atoms with van der Waals surface area (Å²) in [6.45, 7) is 0.960. The fourth-order valence-electron chi connectivity index (χ4n) is 3.30. The number of rotatable bonds is 4. The van der Waals surface area contributed by atoms with Crippen LogP contribution >= 0.6 is 0 Å². The predicted octanol–water partition coefficient (Wildman–Crippen LogP) is 1.72. The van der Waals surface area contributed by atoms with E-state index >= 15 is 0 Å². The lowest BCUT2D eigenvalue weighted by Gasteiger charge is -2.29. The smallest absolute Gasteiger partial charge is 0.357 e. The molecule has 2 fully saturated rings. The third-order valence-electron chi connectivity index (χ3n) is 4.66. The van der Waals surface area contributed by atoms with Crippen molar-refractivity contribution in [3.8, 4) is 0 Å². The van der Waals surface area contributed by atoms with E-state index in [-0.39, 0.29) is 6.54 Å². The van der Waals surface area contributed by atoms with Crippen molar-refractivity contribution in [2.45, 2.75) is 37.5 Å². The molecule has 0 aromatic carbocycles. The highest BCUT2D eigenvalue weighted by atomic mass is 19.4. The molecule has 6 nitrogen and oxygen atoms in total. The summed E-state index contributed by atoms with van der Waals surface area (Å²) in [6.07, 6.45) is -0.111. The lowest BCUT2D eigenvalue weighted by atomic mass is 10.1. The Hall–Kier alpha value is -1.77. The molecule has 1 amide bonds. The molecule has 9 heteroatoms. The Morgan fingerprint density at radius 1 is 1.25 bits per heavy atom. The molecular formula is C15H22F3N5O. The maximum absolute atomic E-state index is 12.4. The summed E-state index contributed by atoms with van der Waals surface area (Å²) in [5.41, 5.74) is 0. The molecule has 1 unspecified atom stereocenters. The van der Waals surface area contributed by atoms with E-state index in [1.807, 2.05) is 10.9 Å². The fraction of sp³-hybridized carbons (Fsp3) is 0.733. The van der Waals surface area contributed by atoms with Crippen LogP contribution in [0, 0.1) is 0 Å². The molecule has 0 aliphatic carbocycles. The molecule has 1 atom stereocenters. The molecule has 1 aromatic heterocycles. The molecule has 3 heterocycles. The maximum Gasteiger partial charge on any atom is 0.406 e. The second kappa shape index (κ2) is 6.62. The summed E-state index contributed by atoms with van der Waals surface area (Å²) in [7, 11) is 2.09. The van der Waals surface area contributed by atoms with Crippen molar-refractivity contribution in [3.63, 3.8) is 0 Å². The van der Waals surface area contributed by atoms with Crippen LogP contribution in [0.5, 0.6) is 0 Å². The van der Waals surface area contributed by atoms with Gasteiger partial charge in [0.05, 0.1) is 6.04 Å². The lowest BCUT2D eigenvalue weighted by molar-refractivity contribution is -0.157. The standard InChI is InChI=1S/C15H22F3N5O/c1-21-6-2-11(3-7-21)23-9-5-13(20-23)19-12-4-8-22(14(12)24)10-15(16,17)18/h5,9,11-12H,2-4,6-8,10H2,1H3,(H,19,20). The Balaban J connectivity index is 1.56. The number of hydrogen-bond donors (Lipinski definition) is 1. The fourth-order valence-corrected chi connectivity index (χ4v) is 3.30. The van der Waals surface area contributed by atoms with E-state index in [0.717, 1.165) is 30.8 Å². The first-order valence-corrected chi connectivity index (χ1v) is 8.17. The summed E-state index contributed by atoms with van der Waals surface area (Å²) in [5.74, 6) is 0.0299. The summed E-state index contributed by atoms with van der Waals surface area (Å²) < 4.78 is 39.2. The van der Waals surface area contributed by atoms with Crippen LogP contribution in [0.4, 0.5) is 19.0 Å². The Morgan fingerprint density at radius 3 is 2.62 bits per heavy atom. The Kier molecular flexibility index (Phi) is 4.71. The quantitative estimate of drug-likeness (QED) is 0.903. The van der Waals surface area contributed by atoms with Crippen molar-refractivity contribution in [1.29, 1.82) is 0 Å². The number of aromatic nitrogens is 2. The molecule has 0 spiro atoms. The summed E-state index contributed by atoms with van der Waals surface area (Å²) >= 11 is 0. The average molecular weight is 345 g/mol. The number of amides is 1. The first-order valence-electron chi connectivity index (χ1n) is 8.17. The van der Waals surface area contributed by atoms with Crippen LogP contribution in [0.3, 0.4) is 0 Å². The van der Waals surface area contributed by atoms with Crippen molar-refractivity contribution in [2.75, 3.05) is 38.5 Å². The molecule has 2 aliphatic rings. The molecule has 0 saturated carbocycles. The highest BCUT2D eigenvalue weighted by Crippen LogP contribution is 2.24. The zero-order valence-corrected chi connectivity index (χ0v) is 13.6. The first-order chi connectivity index (χ1) is 11.3. The highest BCUT2D eigenvalue weighted by molar-refractivity contribution is 5.86. The van der Waals surface area contributed by atoms with Crippen molar-refractivity contribution >= 4 is 11.7 Å². The van der Waals surface area contributed by atoms with Crippen LogP contribution in [-0.2, 0) is 4.79 Å². The van der Waals surface area contributed by atoms with E-state index in [9.17, 15) is 18.0 Å². The Morgan fingerprint density at radius 2 is 1.96 bits per heavy atom. The summed E-state index contributed by atoms with van der Waals surface area (Å²) in [4.78, 5) is 15.2.